The van der Waals surface area contributed by atoms with Crippen molar-refractivity contribution >= 4 is 34.3 Å². The molecule has 0 unspecified atom stereocenters. The Morgan fingerprint density at radius 3 is 2.77 bits per heavy atom. The molecule has 1 aliphatic carbocycles. The highest BCUT2D eigenvalue weighted by Gasteiger charge is 2.24. The van der Waals surface area contributed by atoms with Gasteiger partial charge in [-0.3, -0.25) is 4.68 Å². The number of pyridine rings is 1. The van der Waals surface area contributed by atoms with E-state index >= 15 is 0 Å². The smallest absolute Gasteiger partial charge is 0.166 e. The number of fused-ring (bicyclic) bond motifs is 1. The van der Waals surface area contributed by atoms with Gasteiger partial charge in [-0.25, -0.2) is 19.9 Å². The molecule has 0 aromatic carbocycles. The first-order valence-electron chi connectivity index (χ1n) is 10.2. The van der Waals surface area contributed by atoms with E-state index in [0.29, 0.717) is 34.6 Å². The highest BCUT2D eigenvalue weighted by Crippen LogP contribution is 2.33. The third kappa shape index (κ3) is 3.52. The van der Waals surface area contributed by atoms with E-state index < -0.39 is 0 Å². The van der Waals surface area contributed by atoms with Crippen molar-refractivity contribution in [2.45, 2.75) is 46.2 Å². The minimum Gasteiger partial charge on any atom is -0.326 e. The zero-order chi connectivity index (χ0) is 20.8. The number of imidazole rings is 1. The second-order valence-electron chi connectivity index (χ2n) is 8.05. The molecule has 4 aromatic heterocycles. The molecule has 0 atom stereocenters. The van der Waals surface area contributed by atoms with Crippen LogP contribution in [0.5, 0.6) is 0 Å². The Kier molecular flexibility index (Phi) is 4.66. The van der Waals surface area contributed by atoms with E-state index in [1.165, 1.54) is 12.8 Å². The maximum Gasteiger partial charge on any atom is 0.166 e. The van der Waals surface area contributed by atoms with E-state index in [2.05, 4.69) is 48.8 Å². The molecule has 8 nitrogen and oxygen atoms in total. The molecular weight excluding hydrogens is 400 g/mol. The molecule has 4 aromatic rings. The topological polar surface area (TPSA) is 86.3 Å². The lowest BCUT2D eigenvalue weighted by molar-refractivity contribution is 0.564. The summed E-state index contributed by atoms with van der Waals surface area (Å²) in [5.41, 5.74) is 2.65. The summed E-state index contributed by atoms with van der Waals surface area (Å²) in [4.78, 5) is 18.1. The van der Waals surface area contributed by atoms with Gasteiger partial charge in [0.05, 0.1) is 23.5 Å². The standard InChI is InChI=1S/C21H23ClN8/c1-12(2)30-13(3)26-16-10-24-19(8-17(16)30)27-18-6-7-23-21(28-18)15-9-25-29(20(15)22)11-14-4-5-14/h6-10,12,14H,4-5,11H2,1-3H3,(H,23,24,27,28). The van der Waals surface area contributed by atoms with E-state index in [-0.39, 0.29) is 0 Å². The van der Waals surface area contributed by atoms with Gasteiger partial charge in [-0.1, -0.05) is 11.6 Å². The average Bonchev–Trinajstić information content (AvgIpc) is 3.37. The first-order chi connectivity index (χ1) is 14.5. The molecule has 0 aliphatic heterocycles. The number of halogens is 1. The van der Waals surface area contributed by atoms with Gasteiger partial charge in [-0.05, 0) is 45.6 Å². The van der Waals surface area contributed by atoms with Crippen molar-refractivity contribution in [2.24, 2.45) is 5.92 Å². The van der Waals surface area contributed by atoms with Crippen LogP contribution in [0.25, 0.3) is 22.4 Å². The van der Waals surface area contributed by atoms with Crippen LogP contribution in [0.4, 0.5) is 11.6 Å². The van der Waals surface area contributed by atoms with E-state index in [0.717, 1.165) is 29.0 Å². The Morgan fingerprint density at radius 2 is 2.00 bits per heavy atom. The molecule has 4 heterocycles. The van der Waals surface area contributed by atoms with E-state index in [4.69, 9.17) is 11.6 Å². The van der Waals surface area contributed by atoms with Crippen LogP contribution in [-0.2, 0) is 6.54 Å². The summed E-state index contributed by atoms with van der Waals surface area (Å²) in [6.07, 6.45) is 7.71. The fourth-order valence-corrected chi connectivity index (χ4v) is 3.97. The molecule has 9 heteroatoms. The Balaban J connectivity index is 1.43. The van der Waals surface area contributed by atoms with Gasteiger partial charge in [0.2, 0.25) is 0 Å². The maximum absolute atomic E-state index is 6.54. The molecule has 1 aliphatic rings. The highest BCUT2D eigenvalue weighted by molar-refractivity contribution is 6.32. The normalized spacial score (nSPS) is 14.0. The lowest BCUT2D eigenvalue weighted by Gasteiger charge is -2.11. The van der Waals surface area contributed by atoms with Gasteiger partial charge < -0.3 is 9.88 Å². The molecule has 0 spiro atoms. The largest absolute Gasteiger partial charge is 0.326 e. The van der Waals surface area contributed by atoms with Crippen molar-refractivity contribution in [3.8, 4) is 11.4 Å². The monoisotopic (exact) mass is 422 g/mol. The van der Waals surface area contributed by atoms with E-state index in [1.54, 1.807) is 18.6 Å². The third-order valence-corrected chi connectivity index (χ3v) is 5.72. The van der Waals surface area contributed by atoms with Crippen molar-refractivity contribution in [1.29, 1.82) is 0 Å². The van der Waals surface area contributed by atoms with Crippen molar-refractivity contribution in [1.82, 2.24) is 34.3 Å². The quantitative estimate of drug-likeness (QED) is 0.481. The molecule has 1 N–H and O–H groups in total. The van der Waals surface area contributed by atoms with E-state index in [9.17, 15) is 0 Å². The zero-order valence-corrected chi connectivity index (χ0v) is 17.9. The van der Waals surface area contributed by atoms with Crippen molar-refractivity contribution < 1.29 is 0 Å². The second kappa shape index (κ2) is 7.36. The van der Waals surface area contributed by atoms with Crippen molar-refractivity contribution in [2.75, 3.05) is 5.32 Å². The molecule has 0 saturated heterocycles. The highest BCUT2D eigenvalue weighted by atomic mass is 35.5. The maximum atomic E-state index is 6.54. The van der Waals surface area contributed by atoms with Crippen LogP contribution < -0.4 is 5.32 Å². The van der Waals surface area contributed by atoms with Gasteiger partial charge in [0.25, 0.3) is 0 Å². The molecule has 30 heavy (non-hydrogen) atoms. The number of hydrogen-bond acceptors (Lipinski definition) is 6. The summed E-state index contributed by atoms with van der Waals surface area (Å²) in [6.45, 7) is 7.15. The number of nitrogens with one attached hydrogen (secondary N) is 1. The van der Waals surface area contributed by atoms with Gasteiger partial charge in [0.15, 0.2) is 5.82 Å². The number of nitrogens with zero attached hydrogens (tertiary/aromatic N) is 7. The first kappa shape index (κ1) is 19.0. The molecule has 0 amide bonds. The Bertz CT molecular complexity index is 1220. The lowest BCUT2D eigenvalue weighted by atomic mass is 10.3. The van der Waals surface area contributed by atoms with Crippen molar-refractivity contribution in [3.63, 3.8) is 0 Å². The molecule has 1 fully saturated rings. The zero-order valence-electron chi connectivity index (χ0n) is 17.2. The number of anilines is 2. The fraction of sp³-hybridized carbons (Fsp3) is 0.381. The molecular formula is C21H23ClN8. The minimum absolute atomic E-state index is 0.310. The van der Waals surface area contributed by atoms with Gasteiger partial charge in [0.1, 0.15) is 28.1 Å². The number of hydrogen-bond donors (Lipinski definition) is 1. The second-order valence-corrected chi connectivity index (χ2v) is 8.40. The van der Waals surface area contributed by atoms with Gasteiger partial charge in [0, 0.05) is 24.8 Å². The fourth-order valence-electron chi connectivity index (χ4n) is 3.72. The van der Waals surface area contributed by atoms with Gasteiger partial charge in [-0.15, -0.1) is 0 Å². The number of aryl methyl sites for hydroxylation is 1. The molecule has 1 saturated carbocycles. The molecule has 154 valence electrons. The number of aromatic nitrogens is 7. The first-order valence-corrected chi connectivity index (χ1v) is 10.5. The lowest BCUT2D eigenvalue weighted by Crippen LogP contribution is -2.03. The van der Waals surface area contributed by atoms with Crippen LogP contribution in [0.1, 0.15) is 38.6 Å². The van der Waals surface area contributed by atoms with Crippen LogP contribution in [-0.4, -0.2) is 34.3 Å². The Morgan fingerprint density at radius 1 is 1.17 bits per heavy atom. The Labute approximate surface area is 179 Å². The minimum atomic E-state index is 0.310. The van der Waals surface area contributed by atoms with Gasteiger partial charge in [-0.2, -0.15) is 5.10 Å². The molecule has 5 rings (SSSR count). The van der Waals surface area contributed by atoms with Gasteiger partial charge >= 0.3 is 0 Å². The van der Waals surface area contributed by atoms with E-state index in [1.807, 2.05) is 23.7 Å². The van der Waals surface area contributed by atoms with Crippen LogP contribution >= 0.6 is 11.6 Å². The number of rotatable bonds is 6. The molecule has 0 radical (unpaired) electrons. The summed E-state index contributed by atoms with van der Waals surface area (Å²) < 4.78 is 4.03. The Hall–Kier alpha value is -3.00. The molecule has 0 bridgehead atoms. The predicted molar refractivity (Wildman–Crippen MR) is 117 cm³/mol. The average molecular weight is 423 g/mol. The van der Waals surface area contributed by atoms with Crippen molar-refractivity contribution in [3.05, 3.63) is 41.7 Å². The SMILES string of the molecule is Cc1nc2cnc(Nc3ccnc(-c4cnn(CC5CC5)c4Cl)n3)cc2n1C(C)C. The summed E-state index contributed by atoms with van der Waals surface area (Å²) in [5.74, 6) is 3.54. The summed E-state index contributed by atoms with van der Waals surface area (Å²) in [5, 5.41) is 8.27. The van der Waals surface area contributed by atoms with Crippen LogP contribution in [0, 0.1) is 12.8 Å². The summed E-state index contributed by atoms with van der Waals surface area (Å²) >= 11 is 6.54. The summed E-state index contributed by atoms with van der Waals surface area (Å²) in [6, 6.07) is 4.12. The third-order valence-electron chi connectivity index (χ3n) is 5.32. The van der Waals surface area contributed by atoms with Crippen LogP contribution in [0.15, 0.2) is 30.7 Å². The predicted octanol–water partition coefficient (Wildman–Crippen LogP) is 4.78. The summed E-state index contributed by atoms with van der Waals surface area (Å²) in [7, 11) is 0. The van der Waals surface area contributed by atoms with Crippen LogP contribution in [0.3, 0.4) is 0 Å². The van der Waals surface area contributed by atoms with Crippen LogP contribution in [0.2, 0.25) is 5.15 Å².